The Labute approximate surface area is 175 Å². The Morgan fingerprint density at radius 2 is 1.72 bits per heavy atom. The van der Waals surface area contributed by atoms with Crippen molar-refractivity contribution in [1.29, 1.82) is 0 Å². The molecule has 2 aromatic carbocycles. The van der Waals surface area contributed by atoms with Crippen LogP contribution in [0.15, 0.2) is 82.9 Å². The average molecular weight is 388 g/mol. The maximum atomic E-state index is 6.22. The largest absolute Gasteiger partial charge is 0.456 e. The van der Waals surface area contributed by atoms with Crippen molar-refractivity contribution in [3.05, 3.63) is 89.9 Å². The summed E-state index contributed by atoms with van der Waals surface area (Å²) in [6.45, 7) is 10.4. The lowest BCUT2D eigenvalue weighted by Crippen LogP contribution is -2.06. The molecule has 0 saturated carbocycles. The molecule has 0 spiro atoms. The predicted octanol–water partition coefficient (Wildman–Crippen LogP) is 7.76. The third kappa shape index (κ3) is 5.29. The van der Waals surface area contributed by atoms with Crippen LogP contribution in [0.3, 0.4) is 0 Å². The summed E-state index contributed by atoms with van der Waals surface area (Å²) in [4.78, 5) is 0. The van der Waals surface area contributed by atoms with E-state index in [1.807, 2.05) is 39.0 Å². The van der Waals surface area contributed by atoms with Crippen molar-refractivity contribution in [3.8, 4) is 11.1 Å². The Balaban J connectivity index is 0.000000325. The second-order valence-electron chi connectivity index (χ2n) is 6.90. The van der Waals surface area contributed by atoms with Crippen molar-refractivity contribution in [2.24, 2.45) is 11.7 Å². The monoisotopic (exact) mass is 387 g/mol. The van der Waals surface area contributed by atoms with Crippen LogP contribution >= 0.6 is 0 Å². The van der Waals surface area contributed by atoms with Crippen LogP contribution in [-0.2, 0) is 6.42 Å². The molecule has 1 atom stereocenters. The van der Waals surface area contributed by atoms with E-state index in [-0.39, 0.29) is 0 Å². The van der Waals surface area contributed by atoms with E-state index >= 15 is 0 Å². The summed E-state index contributed by atoms with van der Waals surface area (Å²) in [6.07, 6.45) is 10.4. The van der Waals surface area contributed by atoms with E-state index < -0.39 is 0 Å². The summed E-state index contributed by atoms with van der Waals surface area (Å²) < 4.78 is 6.22. The predicted molar refractivity (Wildman–Crippen MR) is 128 cm³/mol. The van der Waals surface area contributed by atoms with Crippen LogP contribution in [0.25, 0.3) is 28.2 Å². The van der Waals surface area contributed by atoms with Crippen LogP contribution in [0.1, 0.15) is 45.9 Å². The van der Waals surface area contributed by atoms with Gasteiger partial charge in [0.25, 0.3) is 0 Å². The molecule has 4 rings (SSSR count). The van der Waals surface area contributed by atoms with E-state index in [9.17, 15) is 0 Å². The third-order valence-corrected chi connectivity index (χ3v) is 5.00. The molecule has 2 N–H and O–H groups in total. The van der Waals surface area contributed by atoms with E-state index in [1.165, 1.54) is 33.8 Å². The summed E-state index contributed by atoms with van der Waals surface area (Å²) in [5.41, 5.74) is 11.2. The summed E-state index contributed by atoms with van der Waals surface area (Å²) >= 11 is 0. The molecule has 152 valence electrons. The van der Waals surface area contributed by atoms with Crippen LogP contribution in [0, 0.1) is 5.92 Å². The lowest BCUT2D eigenvalue weighted by atomic mass is 9.87. The molecule has 1 unspecified atom stereocenters. The van der Waals surface area contributed by atoms with Gasteiger partial charge in [-0.1, -0.05) is 87.0 Å². The lowest BCUT2D eigenvalue weighted by Gasteiger charge is -2.16. The van der Waals surface area contributed by atoms with Crippen LogP contribution in [0.5, 0.6) is 0 Å². The zero-order valence-corrected chi connectivity index (χ0v) is 18.3. The van der Waals surface area contributed by atoms with Gasteiger partial charge in [0.1, 0.15) is 11.3 Å². The van der Waals surface area contributed by atoms with Crippen molar-refractivity contribution in [2.45, 2.75) is 41.0 Å². The summed E-state index contributed by atoms with van der Waals surface area (Å²) in [6, 6.07) is 16.9. The van der Waals surface area contributed by atoms with Gasteiger partial charge in [-0.05, 0) is 50.1 Å². The van der Waals surface area contributed by atoms with Gasteiger partial charge in [0, 0.05) is 16.5 Å². The van der Waals surface area contributed by atoms with Crippen LogP contribution in [-0.4, -0.2) is 0 Å². The van der Waals surface area contributed by atoms with Gasteiger partial charge in [0.05, 0.1) is 0 Å². The minimum Gasteiger partial charge on any atom is -0.456 e. The second kappa shape index (κ2) is 11.1. The number of allylic oxidation sites excluding steroid dienone is 4. The van der Waals surface area contributed by atoms with Gasteiger partial charge in [0.15, 0.2) is 0 Å². The van der Waals surface area contributed by atoms with Crippen molar-refractivity contribution in [3.63, 3.8) is 0 Å². The molecule has 0 amide bonds. The highest BCUT2D eigenvalue weighted by molar-refractivity contribution is 5.96. The quantitative estimate of drug-likeness (QED) is 0.456. The van der Waals surface area contributed by atoms with E-state index in [0.717, 1.165) is 17.8 Å². The van der Waals surface area contributed by atoms with Gasteiger partial charge in [-0.2, -0.15) is 0 Å². The number of benzene rings is 2. The minimum atomic E-state index is 0.596. The molecular formula is C27H33NO. The number of para-hydroxylation sites is 1. The molecule has 0 saturated heterocycles. The third-order valence-electron chi connectivity index (χ3n) is 5.00. The van der Waals surface area contributed by atoms with E-state index in [0.29, 0.717) is 5.92 Å². The highest BCUT2D eigenvalue weighted by Crippen LogP contribution is 2.39. The Morgan fingerprint density at radius 3 is 2.34 bits per heavy atom. The molecule has 1 aliphatic rings. The fraction of sp³-hybridized carbons (Fsp3) is 0.259. The van der Waals surface area contributed by atoms with Crippen molar-refractivity contribution in [1.82, 2.24) is 0 Å². The molecule has 1 heterocycles. The first-order valence-electron chi connectivity index (χ1n) is 10.4. The molecule has 0 fully saturated rings. The minimum absolute atomic E-state index is 0.596. The summed E-state index contributed by atoms with van der Waals surface area (Å²) in [5, 5.41) is 1.27. The Bertz CT molecular complexity index is 980. The summed E-state index contributed by atoms with van der Waals surface area (Å²) in [7, 11) is 0. The van der Waals surface area contributed by atoms with Gasteiger partial charge in [-0.15, -0.1) is 0 Å². The maximum absolute atomic E-state index is 6.22. The number of hydrogen-bond acceptors (Lipinski definition) is 2. The van der Waals surface area contributed by atoms with Crippen molar-refractivity contribution < 1.29 is 4.42 Å². The van der Waals surface area contributed by atoms with Crippen molar-refractivity contribution >= 4 is 17.0 Å². The fourth-order valence-corrected chi connectivity index (χ4v) is 3.35. The maximum Gasteiger partial charge on any atom is 0.142 e. The van der Waals surface area contributed by atoms with E-state index in [1.54, 1.807) is 6.08 Å². The number of hydrogen-bond donors (Lipinski definition) is 1. The second-order valence-corrected chi connectivity index (χ2v) is 6.90. The molecule has 1 aromatic heterocycles. The number of furan rings is 1. The van der Waals surface area contributed by atoms with Crippen LogP contribution in [0.4, 0.5) is 0 Å². The smallest absolute Gasteiger partial charge is 0.142 e. The highest BCUT2D eigenvalue weighted by atomic mass is 16.3. The standard InChI is InChI=1S/C20H18O.C5H9N.C2H6/c1-13-11-18-17-10-6-9-16(15-7-4-3-5-8-15)20(17)21-19(18)12-14(13)2;1-2-3-4-5-6;1-2/h3-10,12-13H,11H2,1-2H3;2-5H,6H2,1H3;1-2H3/b;3-2-,5-4-;. The summed E-state index contributed by atoms with van der Waals surface area (Å²) in [5.74, 6) is 1.64. The van der Waals surface area contributed by atoms with E-state index in [4.69, 9.17) is 10.2 Å². The van der Waals surface area contributed by atoms with Crippen molar-refractivity contribution in [2.75, 3.05) is 0 Å². The zero-order valence-electron chi connectivity index (χ0n) is 18.3. The van der Waals surface area contributed by atoms with Crippen LogP contribution < -0.4 is 5.73 Å². The SMILES string of the molecule is C/C=C\C=C/N.CC.CC1=Cc2oc3c(-c4ccccc4)cccc3c2CC1C. The van der Waals surface area contributed by atoms with Gasteiger partial charge >= 0.3 is 0 Å². The first kappa shape index (κ1) is 22.3. The van der Waals surface area contributed by atoms with Gasteiger partial charge in [-0.25, -0.2) is 0 Å². The Hall–Kier alpha value is -3.00. The highest BCUT2D eigenvalue weighted by Gasteiger charge is 2.22. The molecule has 1 aliphatic carbocycles. The molecule has 0 radical (unpaired) electrons. The zero-order chi connectivity index (χ0) is 21.2. The molecule has 2 nitrogen and oxygen atoms in total. The molecule has 29 heavy (non-hydrogen) atoms. The van der Waals surface area contributed by atoms with Crippen LogP contribution in [0.2, 0.25) is 0 Å². The topological polar surface area (TPSA) is 39.2 Å². The average Bonchev–Trinajstić information content (AvgIpc) is 3.12. The number of rotatable bonds is 2. The number of fused-ring (bicyclic) bond motifs is 3. The molecule has 0 bridgehead atoms. The first-order chi connectivity index (χ1) is 14.2. The molecule has 0 aliphatic heterocycles. The molecular weight excluding hydrogens is 354 g/mol. The van der Waals surface area contributed by atoms with Gasteiger partial charge in [0.2, 0.25) is 0 Å². The first-order valence-corrected chi connectivity index (χ1v) is 10.4. The normalized spacial score (nSPS) is 15.3. The Morgan fingerprint density at radius 1 is 1.00 bits per heavy atom. The number of nitrogens with two attached hydrogens (primary N) is 1. The molecule has 3 aromatic rings. The lowest BCUT2D eigenvalue weighted by molar-refractivity contribution is 0.576. The fourth-order valence-electron chi connectivity index (χ4n) is 3.35. The van der Waals surface area contributed by atoms with Gasteiger partial charge < -0.3 is 10.2 Å². The van der Waals surface area contributed by atoms with E-state index in [2.05, 4.69) is 62.4 Å². The Kier molecular flexibility index (Phi) is 8.54. The molecule has 2 heteroatoms. The van der Waals surface area contributed by atoms with Gasteiger partial charge in [-0.3, -0.25) is 0 Å².